The van der Waals surface area contributed by atoms with Crippen LogP contribution in [0.4, 0.5) is 13.2 Å². The number of amides is 1. The van der Waals surface area contributed by atoms with E-state index in [4.69, 9.17) is 0 Å². The number of nitrogens with one attached hydrogen (secondary N) is 2. The maximum atomic E-state index is 12.4. The third kappa shape index (κ3) is 6.16. The number of benzene rings is 1. The second-order valence-electron chi connectivity index (χ2n) is 5.58. The zero-order valence-electron chi connectivity index (χ0n) is 12.5. The van der Waals surface area contributed by atoms with Crippen LogP contribution in [0.25, 0.3) is 0 Å². The maximum absolute atomic E-state index is 12.4. The van der Waals surface area contributed by atoms with Gasteiger partial charge in [0, 0.05) is 12.1 Å². The minimum atomic E-state index is -4.32. The average Bonchev–Trinajstić information content (AvgIpc) is 2.37. The van der Waals surface area contributed by atoms with Crippen LogP contribution in [-0.2, 0) is 17.5 Å². The second-order valence-corrected chi connectivity index (χ2v) is 5.58. The molecule has 0 aliphatic rings. The van der Waals surface area contributed by atoms with Gasteiger partial charge in [0.1, 0.15) is 0 Å². The summed E-state index contributed by atoms with van der Waals surface area (Å²) in [5, 5.41) is 5.78. The zero-order chi connectivity index (χ0) is 16.1. The first-order valence-electron chi connectivity index (χ1n) is 6.82. The van der Waals surface area contributed by atoms with E-state index >= 15 is 0 Å². The molecule has 1 amide bonds. The summed E-state index contributed by atoms with van der Waals surface area (Å²) in [7, 11) is 0. The molecular weight excluding hydrogens is 281 g/mol. The molecule has 6 heteroatoms. The first-order valence-corrected chi connectivity index (χ1v) is 6.82. The van der Waals surface area contributed by atoms with E-state index in [-0.39, 0.29) is 18.0 Å². The normalized spacial score (nSPS) is 12.3. The first-order chi connectivity index (χ1) is 9.64. The average molecular weight is 302 g/mol. The molecule has 2 N–H and O–H groups in total. The minimum absolute atomic E-state index is 0.129. The molecule has 0 atom stereocenters. The number of carbonyl (C=O) groups is 1. The van der Waals surface area contributed by atoms with Crippen LogP contribution in [0.15, 0.2) is 24.3 Å². The number of alkyl halides is 3. The van der Waals surface area contributed by atoms with Crippen LogP contribution in [0.1, 0.15) is 38.3 Å². The van der Waals surface area contributed by atoms with Crippen LogP contribution in [0.3, 0.4) is 0 Å². The van der Waals surface area contributed by atoms with Crippen LogP contribution in [0, 0.1) is 0 Å². The fourth-order valence-electron chi connectivity index (χ4n) is 1.64. The molecule has 118 valence electrons. The van der Waals surface area contributed by atoms with E-state index in [0.717, 1.165) is 18.6 Å². The van der Waals surface area contributed by atoms with Gasteiger partial charge in [-0.25, -0.2) is 0 Å². The number of hydrogen-bond donors (Lipinski definition) is 2. The molecule has 0 aliphatic carbocycles. The van der Waals surface area contributed by atoms with E-state index in [9.17, 15) is 18.0 Å². The Kier molecular flexibility index (Phi) is 5.78. The van der Waals surface area contributed by atoms with Gasteiger partial charge in [-0.05, 0) is 38.0 Å². The van der Waals surface area contributed by atoms with Gasteiger partial charge in [-0.3, -0.25) is 4.79 Å². The van der Waals surface area contributed by atoms with Crippen molar-refractivity contribution in [2.45, 2.75) is 45.5 Å². The molecule has 1 rings (SSSR count). The van der Waals surface area contributed by atoms with Crippen LogP contribution >= 0.6 is 0 Å². The molecule has 0 spiro atoms. The Balaban J connectivity index is 2.41. The number of halogens is 3. The molecule has 0 bridgehead atoms. The van der Waals surface area contributed by atoms with Crippen molar-refractivity contribution in [3.8, 4) is 0 Å². The van der Waals surface area contributed by atoms with Crippen molar-refractivity contribution in [2.24, 2.45) is 0 Å². The molecule has 1 aromatic rings. The molecule has 21 heavy (non-hydrogen) atoms. The summed E-state index contributed by atoms with van der Waals surface area (Å²) in [5.74, 6) is -0.131. The Labute approximate surface area is 122 Å². The molecule has 0 radical (unpaired) electrons. The maximum Gasteiger partial charge on any atom is 0.416 e. The molecule has 0 unspecified atom stereocenters. The van der Waals surface area contributed by atoms with E-state index in [1.54, 1.807) is 0 Å². The Morgan fingerprint density at radius 1 is 1.14 bits per heavy atom. The lowest BCUT2D eigenvalue weighted by molar-refractivity contribution is -0.137. The van der Waals surface area contributed by atoms with E-state index in [1.807, 2.05) is 20.8 Å². The molecule has 3 nitrogen and oxygen atoms in total. The van der Waals surface area contributed by atoms with Crippen molar-refractivity contribution >= 4 is 5.91 Å². The quantitative estimate of drug-likeness (QED) is 0.848. The molecule has 0 saturated heterocycles. The summed E-state index contributed by atoms with van der Waals surface area (Å²) in [6, 6.07) is 4.89. The second kappa shape index (κ2) is 6.93. The number of hydrogen-bond acceptors (Lipinski definition) is 2. The van der Waals surface area contributed by atoms with Crippen LogP contribution < -0.4 is 10.6 Å². The number of rotatable bonds is 6. The van der Waals surface area contributed by atoms with Gasteiger partial charge in [0.15, 0.2) is 0 Å². The van der Waals surface area contributed by atoms with Gasteiger partial charge in [0.25, 0.3) is 0 Å². The topological polar surface area (TPSA) is 41.1 Å². The predicted octanol–water partition coefficient (Wildman–Crippen LogP) is 3.10. The van der Waals surface area contributed by atoms with E-state index < -0.39 is 11.7 Å². The van der Waals surface area contributed by atoms with Crippen LogP contribution in [-0.4, -0.2) is 18.0 Å². The molecule has 0 aliphatic heterocycles. The summed E-state index contributed by atoms with van der Waals surface area (Å²) < 4.78 is 37.2. The summed E-state index contributed by atoms with van der Waals surface area (Å²) in [4.78, 5) is 11.7. The fraction of sp³-hybridized carbons (Fsp3) is 0.533. The summed E-state index contributed by atoms with van der Waals surface area (Å²) in [5.41, 5.74) is -0.230. The lowest BCUT2D eigenvalue weighted by atomic mass is 10.0. The van der Waals surface area contributed by atoms with Crippen molar-refractivity contribution < 1.29 is 18.0 Å². The predicted molar refractivity (Wildman–Crippen MR) is 75.7 cm³/mol. The Morgan fingerprint density at radius 2 is 1.71 bits per heavy atom. The highest BCUT2D eigenvalue weighted by Crippen LogP contribution is 2.28. The molecule has 0 aromatic heterocycles. The van der Waals surface area contributed by atoms with Gasteiger partial charge < -0.3 is 10.6 Å². The third-order valence-electron chi connectivity index (χ3n) is 3.26. The number of carbonyl (C=O) groups excluding carboxylic acids is 1. The van der Waals surface area contributed by atoms with Crippen molar-refractivity contribution in [3.63, 3.8) is 0 Å². The first kappa shape index (κ1) is 17.5. The van der Waals surface area contributed by atoms with Gasteiger partial charge in [-0.1, -0.05) is 19.1 Å². The lowest BCUT2D eigenvalue weighted by Gasteiger charge is -2.24. The van der Waals surface area contributed by atoms with Gasteiger partial charge in [0.2, 0.25) is 5.91 Å². The largest absolute Gasteiger partial charge is 0.416 e. The van der Waals surface area contributed by atoms with Crippen molar-refractivity contribution in [1.82, 2.24) is 10.6 Å². The highest BCUT2D eigenvalue weighted by atomic mass is 19.4. The molecular formula is C15H21F3N2O. The van der Waals surface area contributed by atoms with Gasteiger partial charge in [0.05, 0.1) is 12.1 Å². The fourth-order valence-corrected chi connectivity index (χ4v) is 1.64. The third-order valence-corrected chi connectivity index (χ3v) is 3.26. The zero-order valence-corrected chi connectivity index (χ0v) is 12.5. The monoisotopic (exact) mass is 302 g/mol. The van der Waals surface area contributed by atoms with Gasteiger partial charge in [-0.15, -0.1) is 0 Å². The SMILES string of the molecule is CCC(C)(C)NC(=O)CNCc1ccc(C(F)(F)F)cc1. The van der Waals surface area contributed by atoms with Crippen molar-refractivity contribution in [3.05, 3.63) is 35.4 Å². The summed E-state index contributed by atoms with van der Waals surface area (Å²) in [6.07, 6.45) is -3.50. The molecule has 0 heterocycles. The standard InChI is InChI=1S/C15H21F3N2O/c1-4-14(2,3)20-13(21)10-19-9-11-5-7-12(8-6-11)15(16,17)18/h5-8,19H,4,9-10H2,1-3H3,(H,20,21). The molecule has 0 fully saturated rings. The molecule has 0 saturated carbocycles. The lowest BCUT2D eigenvalue weighted by Crippen LogP contribution is -2.46. The Hall–Kier alpha value is -1.56. The smallest absolute Gasteiger partial charge is 0.350 e. The van der Waals surface area contributed by atoms with Crippen LogP contribution in [0.2, 0.25) is 0 Å². The Bertz CT molecular complexity index is 467. The van der Waals surface area contributed by atoms with Crippen molar-refractivity contribution in [2.75, 3.05) is 6.54 Å². The highest BCUT2D eigenvalue weighted by molar-refractivity contribution is 5.78. The van der Waals surface area contributed by atoms with E-state index in [2.05, 4.69) is 10.6 Å². The van der Waals surface area contributed by atoms with Crippen molar-refractivity contribution in [1.29, 1.82) is 0 Å². The van der Waals surface area contributed by atoms with Gasteiger partial charge in [-0.2, -0.15) is 13.2 Å². The molecule has 1 aromatic carbocycles. The summed E-state index contributed by atoms with van der Waals surface area (Å²) in [6.45, 7) is 6.32. The van der Waals surface area contributed by atoms with Crippen LogP contribution in [0.5, 0.6) is 0 Å². The van der Waals surface area contributed by atoms with Gasteiger partial charge >= 0.3 is 6.18 Å². The highest BCUT2D eigenvalue weighted by Gasteiger charge is 2.29. The summed E-state index contributed by atoms with van der Waals surface area (Å²) >= 11 is 0. The minimum Gasteiger partial charge on any atom is -0.350 e. The Morgan fingerprint density at radius 3 is 2.19 bits per heavy atom. The van der Waals surface area contributed by atoms with E-state index in [0.29, 0.717) is 12.1 Å². The van der Waals surface area contributed by atoms with E-state index in [1.165, 1.54) is 12.1 Å².